The second-order valence-corrected chi connectivity index (χ2v) is 7.50. The van der Waals surface area contributed by atoms with E-state index in [0.29, 0.717) is 17.8 Å². The monoisotopic (exact) mass is 418 g/mol. The number of nitrogens with zero attached hydrogens (tertiary/aromatic N) is 2. The van der Waals surface area contributed by atoms with Crippen molar-refractivity contribution < 1.29 is 18.7 Å². The number of rotatable bonds is 3. The van der Waals surface area contributed by atoms with Crippen LogP contribution in [0.1, 0.15) is 41.8 Å². The van der Waals surface area contributed by atoms with Crippen LogP contribution in [-0.2, 0) is 4.74 Å². The maximum Gasteiger partial charge on any atom is 0.414 e. The van der Waals surface area contributed by atoms with E-state index in [9.17, 15) is 14.0 Å². The number of benzene rings is 2. The van der Waals surface area contributed by atoms with Gasteiger partial charge >= 0.3 is 6.09 Å². The number of carbonyl (C=O) groups excluding carboxylic acids is 2. The van der Waals surface area contributed by atoms with E-state index in [2.05, 4.69) is 0 Å². The minimum absolute atomic E-state index is 0.0567. The minimum Gasteiger partial charge on any atom is -0.449 e. The molecule has 5 nitrogen and oxygen atoms in total. The number of amides is 2. The van der Waals surface area contributed by atoms with Gasteiger partial charge in [-0.3, -0.25) is 9.69 Å². The highest BCUT2D eigenvalue weighted by molar-refractivity contribution is 6.34. The molecule has 1 aliphatic rings. The van der Waals surface area contributed by atoms with Crippen molar-refractivity contribution in [1.82, 2.24) is 0 Å². The fraction of sp³-hybridized carbons (Fsp3) is 0.364. The van der Waals surface area contributed by atoms with Gasteiger partial charge in [-0.2, -0.15) is 0 Å². The van der Waals surface area contributed by atoms with Crippen molar-refractivity contribution in [2.24, 2.45) is 0 Å². The van der Waals surface area contributed by atoms with Crippen LogP contribution in [0.3, 0.4) is 0 Å². The SMILES string of the molecule is CCOC(=O)N1c2cc(C)c(C)cc2N(C(=O)c2ccc(F)cc2Cl)CC1CC. The van der Waals surface area contributed by atoms with Gasteiger partial charge in [-0.05, 0) is 68.7 Å². The molecule has 1 heterocycles. The van der Waals surface area contributed by atoms with Gasteiger partial charge in [0.25, 0.3) is 5.91 Å². The molecule has 0 bridgehead atoms. The van der Waals surface area contributed by atoms with Gasteiger partial charge in [-0.25, -0.2) is 9.18 Å². The second-order valence-electron chi connectivity index (χ2n) is 7.10. The third-order valence-corrected chi connectivity index (χ3v) is 5.55. The van der Waals surface area contributed by atoms with Gasteiger partial charge in [0.15, 0.2) is 0 Å². The van der Waals surface area contributed by atoms with E-state index in [-0.39, 0.29) is 35.7 Å². The van der Waals surface area contributed by atoms with Crippen molar-refractivity contribution in [1.29, 1.82) is 0 Å². The predicted octanol–water partition coefficient (Wildman–Crippen LogP) is 5.50. The van der Waals surface area contributed by atoms with Gasteiger partial charge in [0.1, 0.15) is 5.82 Å². The molecule has 0 aromatic heterocycles. The summed E-state index contributed by atoms with van der Waals surface area (Å²) in [7, 11) is 0. The van der Waals surface area contributed by atoms with Gasteiger partial charge in [-0.1, -0.05) is 18.5 Å². The Kier molecular flexibility index (Phi) is 6.13. The number of ether oxygens (including phenoxy) is 1. The summed E-state index contributed by atoms with van der Waals surface area (Å²) in [4.78, 5) is 29.3. The minimum atomic E-state index is -0.503. The summed E-state index contributed by atoms with van der Waals surface area (Å²) in [6.07, 6.45) is 0.197. The summed E-state index contributed by atoms with van der Waals surface area (Å²) in [5.74, 6) is -0.835. The van der Waals surface area contributed by atoms with Gasteiger partial charge in [0.2, 0.25) is 0 Å². The molecule has 29 heavy (non-hydrogen) atoms. The van der Waals surface area contributed by atoms with Gasteiger partial charge in [0.05, 0.1) is 34.6 Å². The zero-order chi connectivity index (χ0) is 21.3. The number of anilines is 2. The van der Waals surface area contributed by atoms with Crippen molar-refractivity contribution in [3.8, 4) is 0 Å². The molecule has 1 unspecified atom stereocenters. The average molecular weight is 419 g/mol. The predicted molar refractivity (Wildman–Crippen MR) is 113 cm³/mol. The summed E-state index contributed by atoms with van der Waals surface area (Å²) in [5, 5.41) is 0.0567. The van der Waals surface area contributed by atoms with E-state index in [4.69, 9.17) is 16.3 Å². The smallest absolute Gasteiger partial charge is 0.414 e. The number of aryl methyl sites for hydroxylation is 2. The lowest BCUT2D eigenvalue weighted by Gasteiger charge is -2.42. The van der Waals surface area contributed by atoms with E-state index in [0.717, 1.165) is 17.2 Å². The molecule has 2 aromatic carbocycles. The lowest BCUT2D eigenvalue weighted by atomic mass is 9.99. The van der Waals surface area contributed by atoms with E-state index >= 15 is 0 Å². The molecule has 7 heteroatoms. The molecule has 0 N–H and O–H groups in total. The van der Waals surface area contributed by atoms with Gasteiger partial charge < -0.3 is 9.64 Å². The summed E-state index contributed by atoms with van der Waals surface area (Å²) in [6, 6.07) is 7.26. The Bertz CT molecular complexity index is 963. The molecule has 0 fully saturated rings. The van der Waals surface area contributed by atoms with Crippen LogP contribution in [-0.4, -0.2) is 31.2 Å². The fourth-order valence-corrected chi connectivity index (χ4v) is 3.78. The van der Waals surface area contributed by atoms with Crippen LogP contribution >= 0.6 is 11.6 Å². The number of fused-ring (bicyclic) bond motifs is 1. The first-order valence-corrected chi connectivity index (χ1v) is 10.00. The molecule has 154 valence electrons. The molecule has 0 radical (unpaired) electrons. The number of hydrogen-bond donors (Lipinski definition) is 0. The van der Waals surface area contributed by atoms with E-state index in [1.54, 1.807) is 16.7 Å². The molecule has 0 aliphatic carbocycles. The first kappa shape index (κ1) is 21.1. The van der Waals surface area contributed by atoms with E-state index in [1.807, 2.05) is 32.9 Å². The molecule has 3 rings (SSSR count). The van der Waals surface area contributed by atoms with Crippen LogP contribution in [0.2, 0.25) is 5.02 Å². The zero-order valence-corrected chi connectivity index (χ0v) is 17.7. The Labute approximate surface area is 175 Å². The lowest BCUT2D eigenvalue weighted by molar-refractivity contribution is 0.0981. The molecular weight excluding hydrogens is 395 g/mol. The number of carbonyl (C=O) groups is 2. The molecule has 1 atom stereocenters. The Morgan fingerprint density at radius 3 is 2.38 bits per heavy atom. The third-order valence-electron chi connectivity index (χ3n) is 5.24. The van der Waals surface area contributed by atoms with Crippen LogP contribution in [0.25, 0.3) is 0 Å². The molecular formula is C22H24ClFN2O3. The van der Waals surface area contributed by atoms with Crippen molar-refractivity contribution in [3.05, 3.63) is 57.9 Å². The van der Waals surface area contributed by atoms with Crippen molar-refractivity contribution in [2.75, 3.05) is 23.0 Å². The first-order chi connectivity index (χ1) is 13.8. The lowest BCUT2D eigenvalue weighted by Crippen LogP contribution is -2.53. The number of halogens is 2. The maximum atomic E-state index is 13.5. The highest BCUT2D eigenvalue weighted by Crippen LogP contribution is 2.40. The third kappa shape index (κ3) is 3.94. The standard InChI is InChI=1S/C22H24ClFN2O3/c1-5-16-12-25(21(27)17-8-7-15(24)11-18(17)23)19-9-13(3)14(4)10-20(19)26(16)22(28)29-6-2/h7-11,16H,5-6,12H2,1-4H3. The van der Waals surface area contributed by atoms with Crippen LogP contribution in [0.15, 0.2) is 30.3 Å². The van der Waals surface area contributed by atoms with Crippen LogP contribution in [0.4, 0.5) is 20.6 Å². The summed E-state index contributed by atoms with van der Waals surface area (Å²) in [5.41, 5.74) is 3.44. The number of hydrogen-bond acceptors (Lipinski definition) is 3. The Balaban J connectivity index is 2.14. The fourth-order valence-electron chi connectivity index (χ4n) is 3.54. The molecule has 1 aliphatic heterocycles. The Morgan fingerprint density at radius 1 is 1.14 bits per heavy atom. The molecule has 2 amide bonds. The largest absolute Gasteiger partial charge is 0.449 e. The quantitative estimate of drug-likeness (QED) is 0.661. The van der Waals surface area contributed by atoms with Crippen molar-refractivity contribution in [3.63, 3.8) is 0 Å². The average Bonchev–Trinajstić information content (AvgIpc) is 2.67. The zero-order valence-electron chi connectivity index (χ0n) is 17.0. The normalized spacial score (nSPS) is 15.9. The van der Waals surface area contributed by atoms with E-state index in [1.165, 1.54) is 12.1 Å². The van der Waals surface area contributed by atoms with Crippen molar-refractivity contribution >= 4 is 35.0 Å². The second kappa shape index (κ2) is 8.41. The summed E-state index contributed by atoms with van der Waals surface area (Å²) in [6.45, 7) is 8.17. The van der Waals surface area contributed by atoms with Crippen LogP contribution in [0, 0.1) is 19.7 Å². The first-order valence-electron chi connectivity index (χ1n) is 9.62. The summed E-state index contributed by atoms with van der Waals surface area (Å²) < 4.78 is 18.7. The van der Waals surface area contributed by atoms with Crippen LogP contribution < -0.4 is 9.80 Å². The van der Waals surface area contributed by atoms with Gasteiger partial charge in [0, 0.05) is 6.54 Å². The van der Waals surface area contributed by atoms with Crippen molar-refractivity contribution in [2.45, 2.75) is 40.2 Å². The van der Waals surface area contributed by atoms with Crippen LogP contribution in [0.5, 0.6) is 0 Å². The molecule has 2 aromatic rings. The van der Waals surface area contributed by atoms with E-state index < -0.39 is 11.9 Å². The highest BCUT2D eigenvalue weighted by atomic mass is 35.5. The Hall–Kier alpha value is -2.60. The molecule has 0 spiro atoms. The maximum absolute atomic E-state index is 13.5. The highest BCUT2D eigenvalue weighted by Gasteiger charge is 2.38. The Morgan fingerprint density at radius 2 is 1.79 bits per heavy atom. The van der Waals surface area contributed by atoms with Gasteiger partial charge in [-0.15, -0.1) is 0 Å². The topological polar surface area (TPSA) is 49.9 Å². The molecule has 0 saturated heterocycles. The molecule has 0 saturated carbocycles. The summed E-state index contributed by atoms with van der Waals surface area (Å²) >= 11 is 6.15.